The maximum absolute atomic E-state index is 12.6. The third kappa shape index (κ3) is 4.06. The Hall–Kier alpha value is -2.08. The highest BCUT2D eigenvalue weighted by Gasteiger charge is 2.30. The van der Waals surface area contributed by atoms with Crippen LogP contribution in [0.5, 0.6) is 0 Å². The minimum atomic E-state index is -0.505. The zero-order chi connectivity index (χ0) is 17.9. The summed E-state index contributed by atoms with van der Waals surface area (Å²) in [6, 6.07) is 3.83. The van der Waals surface area contributed by atoms with Crippen molar-refractivity contribution in [2.75, 3.05) is 18.9 Å². The van der Waals surface area contributed by atoms with Crippen LogP contribution in [0.3, 0.4) is 0 Å². The summed E-state index contributed by atoms with van der Waals surface area (Å²) >= 11 is 1.24. The largest absolute Gasteiger partial charge is 0.463 e. The normalized spacial score (nSPS) is 15.9. The molecule has 1 aromatic carbocycles. The lowest BCUT2D eigenvalue weighted by molar-refractivity contribution is -0.137. The average molecular weight is 347 g/mol. The maximum Gasteiger partial charge on any atom is 0.333 e. The molecular weight excluding hydrogens is 326 g/mol. The molecule has 0 radical (unpaired) electrons. The lowest BCUT2D eigenvalue weighted by Gasteiger charge is -2.17. The number of ether oxygens (including phenoxy) is 1. The Balaban J connectivity index is 2.21. The molecule has 0 N–H and O–H groups in total. The van der Waals surface area contributed by atoms with E-state index in [2.05, 4.69) is 0 Å². The SMILES string of the molecule is CCOC(=O)/C=C1\SCC(=O)N1CC(=O)c1cc(C)c(C)cc1C. The second-order valence-corrected chi connectivity index (χ2v) is 6.67. The van der Waals surface area contributed by atoms with Crippen LogP contribution in [0.2, 0.25) is 0 Å². The minimum Gasteiger partial charge on any atom is -0.463 e. The Labute approximate surface area is 146 Å². The fourth-order valence-electron chi connectivity index (χ4n) is 2.47. The quantitative estimate of drug-likeness (QED) is 0.466. The van der Waals surface area contributed by atoms with E-state index in [1.54, 1.807) is 6.92 Å². The molecule has 2 rings (SSSR count). The highest BCUT2D eigenvalue weighted by atomic mass is 32.2. The van der Waals surface area contributed by atoms with Gasteiger partial charge in [-0.3, -0.25) is 14.5 Å². The molecule has 0 aliphatic carbocycles. The number of thioether (sulfide) groups is 1. The Bertz CT molecular complexity index is 724. The number of nitrogens with zero attached hydrogens (tertiary/aromatic N) is 1. The second kappa shape index (κ2) is 7.66. The van der Waals surface area contributed by atoms with E-state index in [-0.39, 0.29) is 30.6 Å². The van der Waals surface area contributed by atoms with Crippen LogP contribution in [0.4, 0.5) is 0 Å². The van der Waals surface area contributed by atoms with E-state index in [1.165, 1.54) is 22.7 Å². The molecule has 6 heteroatoms. The molecule has 0 saturated carbocycles. The molecule has 0 aromatic heterocycles. The first-order chi connectivity index (χ1) is 11.3. The maximum atomic E-state index is 12.6. The number of hydrogen-bond donors (Lipinski definition) is 0. The summed E-state index contributed by atoms with van der Waals surface area (Å²) in [6.07, 6.45) is 1.28. The summed E-state index contributed by atoms with van der Waals surface area (Å²) in [4.78, 5) is 37.7. The van der Waals surface area contributed by atoms with Crippen LogP contribution in [0.15, 0.2) is 23.2 Å². The number of carbonyl (C=O) groups excluding carboxylic acids is 3. The van der Waals surface area contributed by atoms with Crippen LogP contribution in [0, 0.1) is 20.8 Å². The van der Waals surface area contributed by atoms with E-state index < -0.39 is 5.97 Å². The topological polar surface area (TPSA) is 63.7 Å². The zero-order valence-electron chi connectivity index (χ0n) is 14.3. The number of hydrogen-bond acceptors (Lipinski definition) is 5. The van der Waals surface area contributed by atoms with Crippen molar-refractivity contribution in [1.82, 2.24) is 4.90 Å². The van der Waals surface area contributed by atoms with Crippen molar-refractivity contribution in [2.45, 2.75) is 27.7 Å². The summed E-state index contributed by atoms with van der Waals surface area (Å²) in [7, 11) is 0. The molecule has 128 valence electrons. The van der Waals surface area contributed by atoms with Gasteiger partial charge in [-0.05, 0) is 50.5 Å². The van der Waals surface area contributed by atoms with Gasteiger partial charge in [0, 0.05) is 5.56 Å². The van der Waals surface area contributed by atoms with Gasteiger partial charge in [-0.25, -0.2) is 4.79 Å². The predicted octanol–water partition coefficient (Wildman–Crippen LogP) is 2.77. The lowest BCUT2D eigenvalue weighted by atomic mass is 9.98. The number of amides is 1. The molecule has 0 spiro atoms. The first-order valence-corrected chi connectivity index (χ1v) is 8.74. The van der Waals surface area contributed by atoms with E-state index in [0.29, 0.717) is 10.6 Å². The molecule has 1 aliphatic heterocycles. The van der Waals surface area contributed by atoms with Gasteiger partial charge in [0.05, 0.1) is 30.0 Å². The smallest absolute Gasteiger partial charge is 0.333 e. The van der Waals surface area contributed by atoms with E-state index in [0.717, 1.165) is 16.7 Å². The molecule has 24 heavy (non-hydrogen) atoms. The van der Waals surface area contributed by atoms with Gasteiger partial charge in [0.25, 0.3) is 0 Å². The average Bonchev–Trinajstić information content (AvgIpc) is 2.84. The standard InChI is InChI=1S/C18H21NO4S/c1-5-23-18(22)8-17-19(16(21)10-24-17)9-15(20)14-7-12(3)11(2)6-13(14)4/h6-8H,5,9-10H2,1-4H3/b17-8-. The molecule has 0 atom stereocenters. The third-order valence-corrected chi connectivity index (χ3v) is 4.91. The number of benzene rings is 1. The van der Waals surface area contributed by atoms with Gasteiger partial charge >= 0.3 is 5.97 Å². The van der Waals surface area contributed by atoms with Gasteiger partial charge in [-0.1, -0.05) is 17.8 Å². The van der Waals surface area contributed by atoms with Gasteiger partial charge in [0.2, 0.25) is 5.91 Å². The molecule has 1 aliphatic rings. The first-order valence-electron chi connectivity index (χ1n) is 7.76. The number of Topliss-reactive ketones (excluding diaryl/α,β-unsaturated/α-hetero) is 1. The van der Waals surface area contributed by atoms with Crippen molar-refractivity contribution in [1.29, 1.82) is 0 Å². The number of esters is 1. The lowest BCUT2D eigenvalue weighted by Crippen LogP contribution is -2.31. The molecular formula is C18H21NO4S. The number of carbonyl (C=O) groups is 3. The molecule has 0 unspecified atom stereocenters. The first kappa shape index (κ1) is 18.3. The van der Waals surface area contributed by atoms with Crippen molar-refractivity contribution >= 4 is 29.4 Å². The summed E-state index contributed by atoms with van der Waals surface area (Å²) in [5.74, 6) is -0.592. The number of ketones is 1. The third-order valence-electron chi connectivity index (χ3n) is 3.88. The monoisotopic (exact) mass is 347 g/mol. The van der Waals surface area contributed by atoms with Crippen molar-refractivity contribution in [2.24, 2.45) is 0 Å². The van der Waals surface area contributed by atoms with Crippen molar-refractivity contribution < 1.29 is 19.1 Å². The van der Waals surface area contributed by atoms with Crippen LogP contribution < -0.4 is 0 Å². The van der Waals surface area contributed by atoms with Crippen LogP contribution in [-0.2, 0) is 14.3 Å². The van der Waals surface area contributed by atoms with Gasteiger partial charge in [-0.15, -0.1) is 0 Å². The Morgan fingerprint density at radius 1 is 1.21 bits per heavy atom. The highest BCUT2D eigenvalue weighted by Crippen LogP contribution is 2.29. The predicted molar refractivity (Wildman–Crippen MR) is 93.9 cm³/mol. The summed E-state index contributed by atoms with van der Waals surface area (Å²) in [5.41, 5.74) is 3.66. The van der Waals surface area contributed by atoms with Crippen molar-refractivity contribution in [3.63, 3.8) is 0 Å². The van der Waals surface area contributed by atoms with Crippen molar-refractivity contribution in [3.8, 4) is 0 Å². The van der Waals surface area contributed by atoms with Crippen LogP contribution in [0.1, 0.15) is 34.0 Å². The number of rotatable bonds is 5. The molecule has 1 fully saturated rings. The molecule has 0 bridgehead atoms. The number of aryl methyl sites for hydroxylation is 3. The van der Waals surface area contributed by atoms with E-state index >= 15 is 0 Å². The fraction of sp³-hybridized carbons (Fsp3) is 0.389. The minimum absolute atomic E-state index is 0.0690. The van der Waals surface area contributed by atoms with Crippen LogP contribution >= 0.6 is 11.8 Å². The molecule has 1 heterocycles. The van der Waals surface area contributed by atoms with Gasteiger partial charge in [0.15, 0.2) is 5.78 Å². The molecule has 1 amide bonds. The summed E-state index contributed by atoms with van der Waals surface area (Å²) in [6.45, 7) is 7.75. The Morgan fingerprint density at radius 2 is 1.88 bits per heavy atom. The molecule has 1 saturated heterocycles. The second-order valence-electron chi connectivity index (χ2n) is 5.68. The van der Waals surface area contributed by atoms with E-state index in [9.17, 15) is 14.4 Å². The van der Waals surface area contributed by atoms with E-state index in [4.69, 9.17) is 4.74 Å². The molecule has 1 aromatic rings. The zero-order valence-corrected chi connectivity index (χ0v) is 15.2. The molecule has 5 nitrogen and oxygen atoms in total. The summed E-state index contributed by atoms with van der Waals surface area (Å²) < 4.78 is 4.87. The fourth-order valence-corrected chi connectivity index (χ4v) is 3.40. The van der Waals surface area contributed by atoms with E-state index in [1.807, 2.05) is 32.9 Å². The van der Waals surface area contributed by atoms with Gasteiger partial charge < -0.3 is 4.74 Å². The Kier molecular flexibility index (Phi) is 5.83. The Morgan fingerprint density at radius 3 is 2.54 bits per heavy atom. The van der Waals surface area contributed by atoms with Crippen LogP contribution in [-0.4, -0.2) is 41.5 Å². The summed E-state index contributed by atoms with van der Waals surface area (Å²) in [5, 5.41) is 0.466. The van der Waals surface area contributed by atoms with Crippen LogP contribution in [0.25, 0.3) is 0 Å². The van der Waals surface area contributed by atoms with Crippen molar-refractivity contribution in [3.05, 3.63) is 45.5 Å². The highest BCUT2D eigenvalue weighted by molar-refractivity contribution is 8.04. The van der Waals surface area contributed by atoms with Gasteiger partial charge in [-0.2, -0.15) is 0 Å². The van der Waals surface area contributed by atoms with Gasteiger partial charge in [0.1, 0.15) is 0 Å².